The van der Waals surface area contributed by atoms with Crippen LogP contribution in [-0.4, -0.2) is 4.98 Å². The molecular formula is C49H30N2O3. The molecule has 3 aromatic heterocycles. The minimum Gasteiger partial charge on any atom is -0.456 e. The van der Waals surface area contributed by atoms with E-state index in [0.29, 0.717) is 11.5 Å². The van der Waals surface area contributed by atoms with Crippen LogP contribution in [0.3, 0.4) is 0 Å². The van der Waals surface area contributed by atoms with Crippen molar-refractivity contribution in [1.29, 1.82) is 0 Å². The van der Waals surface area contributed by atoms with Crippen LogP contribution in [0, 0.1) is 0 Å². The van der Waals surface area contributed by atoms with Gasteiger partial charge >= 0.3 is 0 Å². The van der Waals surface area contributed by atoms with E-state index in [0.717, 1.165) is 77.6 Å². The van der Waals surface area contributed by atoms with E-state index in [9.17, 15) is 0 Å². The molecule has 54 heavy (non-hydrogen) atoms. The topological polar surface area (TPSA) is 55.6 Å². The predicted molar refractivity (Wildman–Crippen MR) is 220 cm³/mol. The molecule has 11 rings (SSSR count). The van der Waals surface area contributed by atoms with Crippen LogP contribution in [0.2, 0.25) is 0 Å². The Kier molecular flexibility index (Phi) is 6.79. The summed E-state index contributed by atoms with van der Waals surface area (Å²) in [6.07, 6.45) is 0. The maximum absolute atomic E-state index is 6.82. The molecule has 5 heteroatoms. The van der Waals surface area contributed by atoms with Crippen molar-refractivity contribution in [1.82, 2.24) is 4.98 Å². The Balaban J connectivity index is 1.11. The van der Waals surface area contributed by atoms with Gasteiger partial charge in [-0.1, -0.05) is 121 Å². The number of benzene rings is 8. The summed E-state index contributed by atoms with van der Waals surface area (Å²) in [6, 6.07) is 62.7. The van der Waals surface area contributed by atoms with Crippen LogP contribution in [0.25, 0.3) is 88.7 Å². The minimum atomic E-state index is 0.588. The second-order valence-corrected chi connectivity index (χ2v) is 13.5. The van der Waals surface area contributed by atoms with E-state index in [2.05, 4.69) is 126 Å². The second-order valence-electron chi connectivity index (χ2n) is 13.5. The molecule has 0 unspecified atom stereocenters. The quantitative estimate of drug-likeness (QED) is 0.173. The Labute approximate surface area is 309 Å². The lowest BCUT2D eigenvalue weighted by molar-refractivity contribution is 0.620. The lowest BCUT2D eigenvalue weighted by Crippen LogP contribution is -2.10. The standard InChI is InChI=1S/C49H30N2O3/c1-3-13-31(14-4-1)35-17-7-8-18-36(35)32-25-27-34(28-26-32)51(41-21-12-24-44-47(41)38-19-9-10-23-43(38)52-44)42-22-11-20-37-39-29-46-40(30-45(39)53-48(37)42)50-49(54-46)33-15-5-2-6-16-33/h1-30H. The molecule has 0 radical (unpaired) electrons. The Hall–Kier alpha value is -7.37. The largest absolute Gasteiger partial charge is 0.456 e. The first-order valence-electron chi connectivity index (χ1n) is 18.0. The van der Waals surface area contributed by atoms with E-state index >= 15 is 0 Å². The van der Waals surface area contributed by atoms with E-state index < -0.39 is 0 Å². The number of rotatable bonds is 6. The zero-order chi connectivity index (χ0) is 35.6. The summed E-state index contributed by atoms with van der Waals surface area (Å²) in [6.45, 7) is 0. The molecule has 0 aliphatic heterocycles. The highest BCUT2D eigenvalue weighted by Crippen LogP contribution is 2.47. The van der Waals surface area contributed by atoms with Crippen molar-refractivity contribution < 1.29 is 13.3 Å². The number of oxazole rings is 1. The van der Waals surface area contributed by atoms with Crippen molar-refractivity contribution in [3.05, 3.63) is 182 Å². The number of hydrogen-bond donors (Lipinski definition) is 0. The fraction of sp³-hybridized carbons (Fsp3) is 0. The highest BCUT2D eigenvalue weighted by molar-refractivity contribution is 6.17. The molecule has 0 aliphatic rings. The third-order valence-corrected chi connectivity index (χ3v) is 10.3. The first-order valence-corrected chi connectivity index (χ1v) is 18.0. The fourth-order valence-corrected chi connectivity index (χ4v) is 7.83. The molecular weight excluding hydrogens is 665 g/mol. The van der Waals surface area contributed by atoms with Gasteiger partial charge in [0.2, 0.25) is 5.89 Å². The molecule has 8 aromatic carbocycles. The first kappa shape index (κ1) is 30.3. The van der Waals surface area contributed by atoms with Gasteiger partial charge in [0.1, 0.15) is 22.3 Å². The van der Waals surface area contributed by atoms with Gasteiger partial charge in [-0.25, -0.2) is 4.98 Å². The normalized spacial score (nSPS) is 11.7. The summed E-state index contributed by atoms with van der Waals surface area (Å²) in [5.74, 6) is 0.588. The minimum absolute atomic E-state index is 0.588. The van der Waals surface area contributed by atoms with E-state index in [4.69, 9.17) is 18.2 Å². The maximum atomic E-state index is 6.82. The Morgan fingerprint density at radius 3 is 1.81 bits per heavy atom. The third-order valence-electron chi connectivity index (χ3n) is 10.3. The van der Waals surface area contributed by atoms with Crippen molar-refractivity contribution >= 4 is 72.0 Å². The predicted octanol–water partition coefficient (Wildman–Crippen LogP) is 14.1. The lowest BCUT2D eigenvalue weighted by atomic mass is 9.94. The molecule has 0 aliphatic carbocycles. The van der Waals surface area contributed by atoms with Gasteiger partial charge in [-0.2, -0.15) is 0 Å². The van der Waals surface area contributed by atoms with Gasteiger partial charge in [-0.05, 0) is 76.9 Å². The Bertz CT molecular complexity index is 3160. The summed E-state index contributed by atoms with van der Waals surface area (Å²) in [5.41, 5.74) is 13.2. The van der Waals surface area contributed by atoms with Gasteiger partial charge in [0.05, 0.1) is 16.8 Å². The van der Waals surface area contributed by atoms with Crippen molar-refractivity contribution in [2.75, 3.05) is 4.90 Å². The number of anilines is 3. The van der Waals surface area contributed by atoms with Gasteiger partial charge in [-0.15, -0.1) is 0 Å². The number of fused-ring (bicyclic) bond motifs is 7. The van der Waals surface area contributed by atoms with Crippen LogP contribution in [0.5, 0.6) is 0 Å². The molecule has 0 saturated carbocycles. The van der Waals surface area contributed by atoms with Gasteiger partial charge in [0.25, 0.3) is 0 Å². The average molecular weight is 695 g/mol. The molecule has 0 fully saturated rings. The fourth-order valence-electron chi connectivity index (χ4n) is 7.83. The van der Waals surface area contributed by atoms with Crippen LogP contribution in [0.4, 0.5) is 17.1 Å². The molecule has 11 aromatic rings. The van der Waals surface area contributed by atoms with Crippen molar-refractivity contribution in [3.63, 3.8) is 0 Å². The van der Waals surface area contributed by atoms with E-state index in [-0.39, 0.29) is 0 Å². The molecule has 5 nitrogen and oxygen atoms in total. The third kappa shape index (κ3) is 4.83. The smallest absolute Gasteiger partial charge is 0.227 e. The zero-order valence-electron chi connectivity index (χ0n) is 28.9. The van der Waals surface area contributed by atoms with Crippen molar-refractivity contribution in [3.8, 4) is 33.7 Å². The van der Waals surface area contributed by atoms with E-state index in [1.165, 1.54) is 16.7 Å². The lowest BCUT2D eigenvalue weighted by Gasteiger charge is -2.26. The monoisotopic (exact) mass is 694 g/mol. The summed E-state index contributed by atoms with van der Waals surface area (Å²) in [5, 5.41) is 4.05. The molecule has 0 spiro atoms. The van der Waals surface area contributed by atoms with Crippen LogP contribution in [0.15, 0.2) is 195 Å². The highest BCUT2D eigenvalue weighted by atomic mass is 16.4. The summed E-state index contributed by atoms with van der Waals surface area (Å²) < 4.78 is 19.5. The van der Waals surface area contributed by atoms with Crippen LogP contribution in [0.1, 0.15) is 0 Å². The van der Waals surface area contributed by atoms with E-state index in [1.807, 2.05) is 60.7 Å². The SMILES string of the molecule is c1ccc(-c2nc3cc4oc5c(N(c6ccc(-c7ccccc7-c7ccccc7)cc6)c6cccc7oc8ccccc8c67)cccc5c4cc3o2)cc1. The molecule has 0 saturated heterocycles. The van der Waals surface area contributed by atoms with E-state index in [1.54, 1.807) is 0 Å². The van der Waals surface area contributed by atoms with Crippen molar-refractivity contribution in [2.24, 2.45) is 0 Å². The maximum Gasteiger partial charge on any atom is 0.227 e. The Morgan fingerprint density at radius 2 is 1.02 bits per heavy atom. The molecule has 0 atom stereocenters. The molecule has 254 valence electrons. The van der Waals surface area contributed by atoms with Gasteiger partial charge in [-0.3, -0.25) is 0 Å². The number of nitrogens with zero attached hydrogens (tertiary/aromatic N) is 2. The molecule has 0 bridgehead atoms. The number of para-hydroxylation sites is 2. The molecule has 3 heterocycles. The van der Waals surface area contributed by atoms with Crippen molar-refractivity contribution in [2.45, 2.75) is 0 Å². The second kappa shape index (κ2) is 12.1. The van der Waals surface area contributed by atoms with Gasteiger partial charge < -0.3 is 18.2 Å². The number of furan rings is 2. The molecule has 0 amide bonds. The van der Waals surface area contributed by atoms with Crippen LogP contribution < -0.4 is 4.90 Å². The highest BCUT2D eigenvalue weighted by Gasteiger charge is 2.24. The number of hydrogen-bond acceptors (Lipinski definition) is 5. The molecule has 0 N–H and O–H groups in total. The van der Waals surface area contributed by atoms with Crippen LogP contribution in [-0.2, 0) is 0 Å². The zero-order valence-corrected chi connectivity index (χ0v) is 28.9. The number of aromatic nitrogens is 1. The summed E-state index contributed by atoms with van der Waals surface area (Å²) in [7, 11) is 0. The van der Waals surface area contributed by atoms with Crippen LogP contribution >= 0.6 is 0 Å². The van der Waals surface area contributed by atoms with Gasteiger partial charge in [0.15, 0.2) is 11.2 Å². The first-order chi connectivity index (χ1) is 26.8. The average Bonchev–Trinajstić information content (AvgIpc) is 3.94. The summed E-state index contributed by atoms with van der Waals surface area (Å²) in [4.78, 5) is 7.11. The van der Waals surface area contributed by atoms with Gasteiger partial charge in [0, 0.05) is 33.5 Å². The Morgan fingerprint density at radius 1 is 0.389 bits per heavy atom. The summed E-state index contributed by atoms with van der Waals surface area (Å²) >= 11 is 0.